The molecule has 88 valence electrons. The Morgan fingerprint density at radius 3 is 2.62 bits per heavy atom. The van der Waals surface area contributed by atoms with E-state index in [9.17, 15) is 4.79 Å². The minimum absolute atomic E-state index is 0.0845. The number of nitrogens with zero attached hydrogens (tertiary/aromatic N) is 1. The molecule has 0 aliphatic carbocycles. The van der Waals surface area contributed by atoms with Gasteiger partial charge in [0.25, 0.3) is 0 Å². The topological polar surface area (TPSA) is 40.5 Å². The van der Waals surface area contributed by atoms with Crippen LogP contribution in [0.5, 0.6) is 0 Å². The van der Waals surface area contributed by atoms with Crippen molar-refractivity contribution in [2.24, 2.45) is 0 Å². The number of hydrogen-bond donors (Lipinski definition) is 1. The Labute approximate surface area is 104 Å². The van der Waals surface area contributed by atoms with Gasteiger partial charge in [0, 0.05) is 22.2 Å². The molecule has 0 unspecified atom stereocenters. The van der Waals surface area contributed by atoms with Gasteiger partial charge in [-0.2, -0.15) is 0 Å². The molecule has 1 N–H and O–H groups in total. The highest BCUT2D eigenvalue weighted by Crippen LogP contribution is 2.19. The fraction of sp³-hybridized carbons (Fsp3) is 0.364. The molecule has 0 aliphatic heterocycles. The van der Waals surface area contributed by atoms with Crippen molar-refractivity contribution in [3.05, 3.63) is 29.3 Å². The van der Waals surface area contributed by atoms with Crippen LogP contribution in [0.4, 0.5) is 0 Å². The number of carbonyl (C=O) groups is 1. The number of halogens is 1. The molecular weight excluding hydrogens is 246 g/mol. The molecule has 1 rings (SSSR count). The summed E-state index contributed by atoms with van der Waals surface area (Å²) in [5, 5.41) is 9.30. The van der Waals surface area contributed by atoms with Crippen LogP contribution in [-0.4, -0.2) is 41.9 Å². The molecule has 1 aromatic rings. The van der Waals surface area contributed by atoms with Gasteiger partial charge in [0.15, 0.2) is 0 Å². The third-order valence-electron chi connectivity index (χ3n) is 1.96. The smallest absolute Gasteiger partial charge is 0.317 e. The normalized spacial score (nSPS) is 10.7. The average molecular weight is 260 g/mol. The summed E-state index contributed by atoms with van der Waals surface area (Å²) in [6.07, 6.45) is 0. The number of rotatable bonds is 6. The number of aliphatic carboxylic acids is 1. The molecule has 3 nitrogen and oxygen atoms in total. The largest absolute Gasteiger partial charge is 0.480 e. The maximum Gasteiger partial charge on any atom is 0.317 e. The number of hydrogen-bond acceptors (Lipinski definition) is 3. The summed E-state index contributed by atoms with van der Waals surface area (Å²) < 4.78 is 0. The molecule has 16 heavy (non-hydrogen) atoms. The minimum Gasteiger partial charge on any atom is -0.480 e. The fourth-order valence-electron chi connectivity index (χ4n) is 1.16. The van der Waals surface area contributed by atoms with Gasteiger partial charge in [-0.3, -0.25) is 9.69 Å². The van der Waals surface area contributed by atoms with Gasteiger partial charge in [-0.15, -0.1) is 11.8 Å². The average Bonchev–Trinajstić information content (AvgIpc) is 2.20. The van der Waals surface area contributed by atoms with E-state index in [2.05, 4.69) is 0 Å². The van der Waals surface area contributed by atoms with E-state index in [1.165, 1.54) is 0 Å². The van der Waals surface area contributed by atoms with Crippen molar-refractivity contribution in [2.75, 3.05) is 25.9 Å². The molecule has 0 spiro atoms. The standard InChI is InChI=1S/C11H14ClNO2S/c1-13(8-11(14)15)6-7-16-10-4-2-9(12)3-5-10/h2-5H,6-8H2,1H3,(H,14,15). The fourth-order valence-corrected chi connectivity index (χ4v) is 2.25. The number of benzene rings is 1. The van der Waals surface area contributed by atoms with E-state index in [-0.39, 0.29) is 6.54 Å². The lowest BCUT2D eigenvalue weighted by molar-refractivity contribution is -0.137. The first kappa shape index (κ1) is 13.4. The third-order valence-corrected chi connectivity index (χ3v) is 3.20. The zero-order valence-electron chi connectivity index (χ0n) is 9.02. The summed E-state index contributed by atoms with van der Waals surface area (Å²) in [4.78, 5) is 13.3. The summed E-state index contributed by atoms with van der Waals surface area (Å²) in [5.41, 5.74) is 0. The first-order valence-electron chi connectivity index (χ1n) is 4.86. The van der Waals surface area contributed by atoms with Gasteiger partial charge in [-0.25, -0.2) is 0 Å². The quantitative estimate of drug-likeness (QED) is 0.797. The molecule has 5 heteroatoms. The Hall–Kier alpha value is -0.710. The van der Waals surface area contributed by atoms with E-state index in [1.807, 2.05) is 24.3 Å². The highest BCUT2D eigenvalue weighted by Gasteiger charge is 2.03. The molecule has 0 fully saturated rings. The van der Waals surface area contributed by atoms with Crippen molar-refractivity contribution in [2.45, 2.75) is 4.90 Å². The molecule has 0 heterocycles. The highest BCUT2D eigenvalue weighted by molar-refractivity contribution is 7.99. The van der Waals surface area contributed by atoms with Crippen molar-refractivity contribution in [3.63, 3.8) is 0 Å². The summed E-state index contributed by atoms with van der Waals surface area (Å²) in [5.74, 6) is 0.0739. The van der Waals surface area contributed by atoms with E-state index in [1.54, 1.807) is 23.7 Å². The molecule has 0 amide bonds. The number of carboxylic acid groups (broad SMARTS) is 1. The van der Waals surface area contributed by atoms with Crippen LogP contribution < -0.4 is 0 Å². The number of likely N-dealkylation sites (N-methyl/N-ethyl adjacent to an activating group) is 1. The Morgan fingerprint density at radius 1 is 1.44 bits per heavy atom. The Morgan fingerprint density at radius 2 is 2.06 bits per heavy atom. The molecule has 0 aliphatic rings. The lowest BCUT2D eigenvalue weighted by Crippen LogP contribution is -2.27. The molecule has 0 radical (unpaired) electrons. The van der Waals surface area contributed by atoms with Crippen molar-refractivity contribution in [3.8, 4) is 0 Å². The van der Waals surface area contributed by atoms with Crippen molar-refractivity contribution >= 4 is 29.3 Å². The predicted octanol–water partition coefficient (Wildman–Crippen LogP) is 2.45. The maximum absolute atomic E-state index is 10.4. The lowest BCUT2D eigenvalue weighted by atomic mass is 10.4. The maximum atomic E-state index is 10.4. The van der Waals surface area contributed by atoms with Crippen LogP contribution in [0.2, 0.25) is 5.02 Å². The number of carboxylic acids is 1. The minimum atomic E-state index is -0.793. The van der Waals surface area contributed by atoms with E-state index in [0.717, 1.165) is 22.2 Å². The van der Waals surface area contributed by atoms with Crippen LogP contribution in [0.1, 0.15) is 0 Å². The lowest BCUT2D eigenvalue weighted by Gasteiger charge is -2.13. The van der Waals surface area contributed by atoms with E-state index >= 15 is 0 Å². The zero-order valence-corrected chi connectivity index (χ0v) is 10.6. The zero-order chi connectivity index (χ0) is 12.0. The van der Waals surface area contributed by atoms with Gasteiger partial charge in [0.1, 0.15) is 0 Å². The Bertz CT molecular complexity index is 342. The van der Waals surface area contributed by atoms with Crippen LogP contribution >= 0.6 is 23.4 Å². The monoisotopic (exact) mass is 259 g/mol. The van der Waals surface area contributed by atoms with Gasteiger partial charge < -0.3 is 5.11 Å². The first-order chi connectivity index (χ1) is 7.58. The van der Waals surface area contributed by atoms with Gasteiger partial charge in [0.2, 0.25) is 0 Å². The summed E-state index contributed by atoms with van der Waals surface area (Å²) in [7, 11) is 1.80. The second-order valence-corrected chi connectivity index (χ2v) is 5.04. The van der Waals surface area contributed by atoms with Crippen molar-refractivity contribution in [1.82, 2.24) is 4.90 Å². The van der Waals surface area contributed by atoms with E-state index in [0.29, 0.717) is 0 Å². The molecule has 0 saturated carbocycles. The van der Waals surface area contributed by atoms with Crippen molar-refractivity contribution < 1.29 is 9.90 Å². The van der Waals surface area contributed by atoms with Gasteiger partial charge in [0.05, 0.1) is 6.54 Å². The van der Waals surface area contributed by atoms with Gasteiger partial charge in [-0.05, 0) is 31.3 Å². The SMILES string of the molecule is CN(CCSc1ccc(Cl)cc1)CC(=O)O. The third kappa shape index (κ3) is 5.39. The molecule has 0 atom stereocenters. The van der Waals surface area contributed by atoms with E-state index in [4.69, 9.17) is 16.7 Å². The Kier molecular flexibility index (Phi) is 5.66. The molecule has 0 saturated heterocycles. The molecule has 0 aromatic heterocycles. The van der Waals surface area contributed by atoms with Gasteiger partial charge >= 0.3 is 5.97 Å². The molecular formula is C11H14ClNO2S. The summed E-state index contributed by atoms with van der Waals surface area (Å²) >= 11 is 7.46. The Balaban J connectivity index is 2.25. The van der Waals surface area contributed by atoms with Crippen LogP contribution in [0.3, 0.4) is 0 Å². The van der Waals surface area contributed by atoms with Crippen molar-refractivity contribution in [1.29, 1.82) is 0 Å². The van der Waals surface area contributed by atoms with Crippen LogP contribution in [0.25, 0.3) is 0 Å². The first-order valence-corrected chi connectivity index (χ1v) is 6.23. The second kappa shape index (κ2) is 6.78. The van der Waals surface area contributed by atoms with Crippen LogP contribution in [0.15, 0.2) is 29.2 Å². The predicted molar refractivity (Wildman–Crippen MR) is 67.3 cm³/mol. The van der Waals surface area contributed by atoms with E-state index < -0.39 is 5.97 Å². The summed E-state index contributed by atoms with van der Waals surface area (Å²) in [6.45, 7) is 0.834. The van der Waals surface area contributed by atoms with Crippen LogP contribution in [-0.2, 0) is 4.79 Å². The molecule has 0 bridgehead atoms. The highest BCUT2D eigenvalue weighted by atomic mass is 35.5. The van der Waals surface area contributed by atoms with Crippen LogP contribution in [0, 0.1) is 0 Å². The van der Waals surface area contributed by atoms with Gasteiger partial charge in [-0.1, -0.05) is 11.6 Å². The summed E-state index contributed by atoms with van der Waals surface area (Å²) in [6, 6.07) is 7.63. The number of thioether (sulfide) groups is 1. The second-order valence-electron chi connectivity index (χ2n) is 3.43. The molecule has 1 aromatic carbocycles.